The number of rotatable bonds is 4. The number of benzene rings is 3. The number of para-hydroxylation sites is 1. The van der Waals surface area contributed by atoms with E-state index in [1.54, 1.807) is 0 Å². The number of carbonyl (C=O) groups excluding carboxylic acids is 1. The van der Waals surface area contributed by atoms with Gasteiger partial charge in [-0.1, -0.05) is 48.9 Å². The zero-order valence-electron chi connectivity index (χ0n) is 19.4. The number of ether oxygens (including phenoxy) is 1. The molecule has 0 N–H and O–H groups in total. The molecule has 3 aromatic rings. The van der Waals surface area contributed by atoms with Gasteiger partial charge >= 0.3 is 0 Å². The highest BCUT2D eigenvalue weighted by Crippen LogP contribution is 2.54. The summed E-state index contributed by atoms with van der Waals surface area (Å²) in [6, 6.07) is 21.8. The summed E-state index contributed by atoms with van der Waals surface area (Å²) in [6.45, 7) is 9.10. The first-order valence-corrected chi connectivity index (χ1v) is 11.7. The molecule has 0 saturated heterocycles. The molecule has 5 heteroatoms. The maximum Gasteiger partial charge on any atom is 0.278 e. The number of amides is 1. The van der Waals surface area contributed by atoms with Gasteiger partial charge in [-0.3, -0.25) is 4.79 Å². The number of anilines is 1. The van der Waals surface area contributed by atoms with Crippen LogP contribution >= 0.6 is 11.6 Å². The Kier molecular flexibility index (Phi) is 5.09. The Morgan fingerprint density at radius 1 is 1.00 bits per heavy atom. The first-order valence-electron chi connectivity index (χ1n) is 11.3. The summed E-state index contributed by atoms with van der Waals surface area (Å²) in [5, 5.41) is 0.720. The summed E-state index contributed by atoms with van der Waals surface area (Å²) >= 11 is 6.18. The minimum absolute atomic E-state index is 0.0468. The molecule has 168 valence electrons. The number of carbonyl (C=O) groups is 1. The second-order valence-corrected chi connectivity index (χ2v) is 9.99. The molecule has 0 saturated carbocycles. The van der Waals surface area contributed by atoms with Crippen LogP contribution in [0.5, 0.6) is 5.75 Å². The summed E-state index contributed by atoms with van der Waals surface area (Å²) in [5.74, 6) is 0.746. The van der Waals surface area contributed by atoms with Crippen molar-refractivity contribution < 1.29 is 9.53 Å². The number of hydrogen-bond acceptors (Lipinski definition) is 3. The van der Waals surface area contributed by atoms with Gasteiger partial charge in [-0.25, -0.2) is 4.99 Å². The van der Waals surface area contributed by atoms with E-state index in [0.717, 1.165) is 39.7 Å². The van der Waals surface area contributed by atoms with Crippen molar-refractivity contribution in [3.05, 3.63) is 88.4 Å². The second kappa shape index (κ2) is 7.74. The minimum Gasteiger partial charge on any atom is -0.494 e. The monoisotopic (exact) mass is 458 g/mol. The van der Waals surface area contributed by atoms with Gasteiger partial charge in [0.15, 0.2) is 0 Å². The SMILES string of the molecule is CCOc1ccc(N=C2C(=O)N3c4c2cccc4C(C)(c2ccc(Cl)cc2)CC3(C)C)cc1. The van der Waals surface area contributed by atoms with E-state index in [1.165, 1.54) is 5.56 Å². The zero-order chi connectivity index (χ0) is 23.4. The Labute approximate surface area is 199 Å². The van der Waals surface area contributed by atoms with Gasteiger partial charge in [-0.05, 0) is 74.7 Å². The van der Waals surface area contributed by atoms with E-state index in [4.69, 9.17) is 21.3 Å². The average Bonchev–Trinajstić information content (AvgIpc) is 3.07. The Balaban J connectivity index is 1.67. The molecule has 0 aromatic heterocycles. The maximum absolute atomic E-state index is 13.7. The van der Waals surface area contributed by atoms with Gasteiger partial charge < -0.3 is 9.64 Å². The lowest BCUT2D eigenvalue weighted by atomic mass is 9.65. The van der Waals surface area contributed by atoms with Crippen molar-refractivity contribution in [2.75, 3.05) is 11.5 Å². The highest BCUT2D eigenvalue weighted by atomic mass is 35.5. The van der Waals surface area contributed by atoms with Crippen molar-refractivity contribution in [2.45, 2.75) is 45.1 Å². The predicted octanol–water partition coefficient (Wildman–Crippen LogP) is 6.69. The van der Waals surface area contributed by atoms with E-state index in [9.17, 15) is 4.79 Å². The quantitative estimate of drug-likeness (QED) is 0.436. The topological polar surface area (TPSA) is 41.9 Å². The van der Waals surface area contributed by atoms with Crippen LogP contribution in [0.4, 0.5) is 11.4 Å². The fourth-order valence-electron chi connectivity index (χ4n) is 5.46. The third-order valence-electron chi connectivity index (χ3n) is 6.78. The van der Waals surface area contributed by atoms with Crippen LogP contribution in [0.25, 0.3) is 0 Å². The van der Waals surface area contributed by atoms with Crippen molar-refractivity contribution >= 4 is 34.6 Å². The minimum atomic E-state index is -0.384. The van der Waals surface area contributed by atoms with Crippen LogP contribution in [0.1, 0.15) is 50.8 Å². The Bertz CT molecular complexity index is 1260. The summed E-state index contributed by atoms with van der Waals surface area (Å²) in [5.41, 5.74) is 4.78. The van der Waals surface area contributed by atoms with Crippen LogP contribution in [0, 0.1) is 0 Å². The number of hydrogen-bond donors (Lipinski definition) is 0. The van der Waals surface area contributed by atoms with Gasteiger partial charge in [0.25, 0.3) is 5.91 Å². The molecule has 1 amide bonds. The van der Waals surface area contributed by atoms with Crippen LogP contribution < -0.4 is 9.64 Å². The van der Waals surface area contributed by atoms with Gasteiger partial charge in [0, 0.05) is 21.5 Å². The van der Waals surface area contributed by atoms with Gasteiger partial charge in [0.2, 0.25) is 0 Å². The van der Waals surface area contributed by atoms with Crippen LogP contribution in [0.15, 0.2) is 71.7 Å². The summed E-state index contributed by atoms with van der Waals surface area (Å²) in [7, 11) is 0. The Morgan fingerprint density at radius 3 is 2.36 bits per heavy atom. The molecule has 33 heavy (non-hydrogen) atoms. The molecule has 4 nitrogen and oxygen atoms in total. The molecule has 2 heterocycles. The highest BCUT2D eigenvalue weighted by Gasteiger charge is 2.53. The number of nitrogens with zero attached hydrogens (tertiary/aromatic N) is 2. The van der Waals surface area contributed by atoms with E-state index in [1.807, 2.05) is 60.4 Å². The lowest BCUT2D eigenvalue weighted by Gasteiger charge is -2.49. The third-order valence-corrected chi connectivity index (χ3v) is 7.03. The van der Waals surface area contributed by atoms with Gasteiger partial charge in [0.05, 0.1) is 18.0 Å². The molecule has 1 unspecified atom stereocenters. The highest BCUT2D eigenvalue weighted by molar-refractivity contribution is 6.55. The van der Waals surface area contributed by atoms with Gasteiger partial charge in [-0.15, -0.1) is 0 Å². The molecule has 0 bridgehead atoms. The number of halogens is 1. The van der Waals surface area contributed by atoms with E-state index in [-0.39, 0.29) is 16.9 Å². The van der Waals surface area contributed by atoms with E-state index in [2.05, 4.69) is 39.0 Å². The average molecular weight is 459 g/mol. The van der Waals surface area contributed by atoms with Crippen LogP contribution in [-0.2, 0) is 10.2 Å². The first kappa shape index (κ1) is 21.7. The number of aliphatic imine (C=N–C) groups is 1. The van der Waals surface area contributed by atoms with E-state index < -0.39 is 0 Å². The molecule has 0 fully saturated rings. The molecule has 1 atom stereocenters. The largest absolute Gasteiger partial charge is 0.494 e. The van der Waals surface area contributed by atoms with Crippen LogP contribution in [0.2, 0.25) is 5.02 Å². The third kappa shape index (κ3) is 3.44. The van der Waals surface area contributed by atoms with Crippen LogP contribution in [-0.4, -0.2) is 23.8 Å². The maximum atomic E-state index is 13.7. The lowest BCUT2D eigenvalue weighted by Crippen LogP contribution is -2.54. The fourth-order valence-corrected chi connectivity index (χ4v) is 5.58. The molecule has 0 radical (unpaired) electrons. The molecular formula is C28H27ClN2O2. The summed E-state index contributed by atoms with van der Waals surface area (Å²) in [6.07, 6.45) is 0.792. The molecule has 0 aliphatic carbocycles. The second-order valence-electron chi connectivity index (χ2n) is 9.56. The summed E-state index contributed by atoms with van der Waals surface area (Å²) in [4.78, 5) is 20.5. The van der Waals surface area contributed by atoms with Gasteiger partial charge in [-0.2, -0.15) is 0 Å². The Morgan fingerprint density at radius 2 is 1.70 bits per heavy atom. The van der Waals surface area contributed by atoms with Crippen LogP contribution in [0.3, 0.4) is 0 Å². The molecule has 5 rings (SSSR count). The van der Waals surface area contributed by atoms with Crippen molar-refractivity contribution in [3.8, 4) is 5.75 Å². The van der Waals surface area contributed by atoms with E-state index >= 15 is 0 Å². The normalized spacial score (nSPS) is 21.9. The summed E-state index contributed by atoms with van der Waals surface area (Å²) < 4.78 is 5.53. The fraction of sp³-hybridized carbons (Fsp3) is 0.286. The van der Waals surface area contributed by atoms with Crippen molar-refractivity contribution in [2.24, 2.45) is 4.99 Å². The molecule has 0 spiro atoms. The van der Waals surface area contributed by atoms with Gasteiger partial charge in [0.1, 0.15) is 11.5 Å². The Hall–Kier alpha value is -3.11. The molecule has 2 aliphatic heterocycles. The molecule has 2 aliphatic rings. The standard InChI is InChI=1S/C28H27ClN2O2/c1-5-33-21-15-13-20(14-16-21)30-24-22-7-6-8-23-25(22)31(26(24)32)27(2,3)17-28(23,4)18-9-11-19(29)12-10-18/h6-16H,5,17H2,1-4H3. The van der Waals surface area contributed by atoms with E-state index in [0.29, 0.717) is 12.3 Å². The predicted molar refractivity (Wildman–Crippen MR) is 134 cm³/mol. The van der Waals surface area contributed by atoms with Crippen molar-refractivity contribution in [1.29, 1.82) is 0 Å². The molecule has 3 aromatic carbocycles. The zero-order valence-corrected chi connectivity index (χ0v) is 20.1. The first-order chi connectivity index (χ1) is 15.7. The lowest BCUT2D eigenvalue weighted by molar-refractivity contribution is -0.113. The van der Waals surface area contributed by atoms with Crippen molar-refractivity contribution in [1.82, 2.24) is 0 Å². The smallest absolute Gasteiger partial charge is 0.278 e. The molecular weight excluding hydrogens is 432 g/mol. The van der Waals surface area contributed by atoms with Crippen molar-refractivity contribution in [3.63, 3.8) is 0 Å².